The van der Waals surface area contributed by atoms with Crippen LogP contribution in [0.3, 0.4) is 0 Å². The molecule has 0 fully saturated rings. The number of aromatic nitrogens is 1. The van der Waals surface area contributed by atoms with Gasteiger partial charge in [0.15, 0.2) is 0 Å². The molecule has 0 amide bonds. The Bertz CT molecular complexity index is 147. The van der Waals surface area contributed by atoms with Crippen molar-refractivity contribution in [1.29, 1.82) is 0 Å². The van der Waals surface area contributed by atoms with Crippen LogP contribution in [0.15, 0.2) is 14.1 Å². The van der Waals surface area contributed by atoms with Gasteiger partial charge >= 0.3 is 0 Å². The van der Waals surface area contributed by atoms with E-state index < -0.39 is 5.63 Å². The zero-order valence-electron chi connectivity index (χ0n) is 2.67. The number of nitrogens with zero attached hydrogens (tertiary/aromatic N) is 1. The molecule has 0 aliphatic heterocycles. The Morgan fingerprint density at radius 3 is 2.83 bits per heavy atom. The molecule has 0 spiro atoms. The van der Waals surface area contributed by atoms with Crippen LogP contribution >= 0.6 is 0 Å². The SMILES string of the molecule is O=c1[c-]noo1. The first-order valence-electron chi connectivity index (χ1n) is 1.23. The quantitative estimate of drug-likeness (QED) is 0.313. The summed E-state index contributed by atoms with van der Waals surface area (Å²) in [5.74, 6) is 0. The molecule has 0 aromatic carbocycles. The van der Waals surface area contributed by atoms with Crippen molar-refractivity contribution in [1.82, 2.24) is 5.16 Å². The molecule has 6 heavy (non-hydrogen) atoms. The highest BCUT2D eigenvalue weighted by molar-refractivity contribution is 4.48. The number of hydrogen-bond acceptors (Lipinski definition) is 4. The van der Waals surface area contributed by atoms with Crippen LogP contribution in [0.1, 0.15) is 0 Å². The fourth-order valence-electron chi connectivity index (χ4n) is 0.127. The Hall–Kier alpha value is -1.06. The monoisotopic (exact) mass is 86.0 g/mol. The van der Waals surface area contributed by atoms with Crippen molar-refractivity contribution < 1.29 is 9.26 Å². The highest BCUT2D eigenvalue weighted by Crippen LogP contribution is 1.59. The second kappa shape index (κ2) is 0.965. The van der Waals surface area contributed by atoms with Gasteiger partial charge in [-0.15, -0.1) is 0 Å². The highest BCUT2D eigenvalue weighted by Gasteiger charge is 1.61. The molecule has 1 aromatic heterocycles. The lowest BCUT2D eigenvalue weighted by Crippen LogP contribution is -1.85. The Morgan fingerprint density at radius 1 is 1.83 bits per heavy atom. The molecule has 0 aliphatic carbocycles. The Balaban J connectivity index is 3.41. The lowest BCUT2D eigenvalue weighted by Gasteiger charge is -1.55. The van der Waals surface area contributed by atoms with E-state index in [1.807, 2.05) is 6.20 Å². The molecule has 4 heteroatoms. The third-order valence-corrected chi connectivity index (χ3v) is 0.287. The van der Waals surface area contributed by atoms with E-state index in [0.29, 0.717) is 0 Å². The predicted molar refractivity (Wildman–Crippen MR) is 13.9 cm³/mol. The topological polar surface area (TPSA) is 56.2 Å². The lowest BCUT2D eigenvalue weighted by atomic mass is 11.0. The van der Waals surface area contributed by atoms with E-state index in [0.717, 1.165) is 0 Å². The minimum atomic E-state index is -0.685. The van der Waals surface area contributed by atoms with E-state index in [1.165, 1.54) is 0 Å². The van der Waals surface area contributed by atoms with Gasteiger partial charge in [0.1, 0.15) is 0 Å². The van der Waals surface area contributed by atoms with E-state index in [2.05, 4.69) is 14.4 Å². The minimum Gasteiger partial charge on any atom is -0.284 e. The smallest absolute Gasteiger partial charge is 0.229 e. The molecule has 0 radical (unpaired) electrons. The van der Waals surface area contributed by atoms with E-state index in [4.69, 9.17) is 0 Å². The molecule has 0 saturated carbocycles. The van der Waals surface area contributed by atoms with Crippen LogP contribution in [-0.4, -0.2) is 5.16 Å². The fraction of sp³-hybridized carbons (Fsp3) is 0. The van der Waals surface area contributed by atoms with E-state index in [1.54, 1.807) is 0 Å². The van der Waals surface area contributed by atoms with Gasteiger partial charge in [-0.3, -0.25) is 9.37 Å². The third-order valence-electron chi connectivity index (χ3n) is 0.287. The largest absolute Gasteiger partial charge is 0.284 e. The zero-order chi connectivity index (χ0) is 4.41. The van der Waals surface area contributed by atoms with Gasteiger partial charge in [-0.25, -0.2) is 16.0 Å². The summed E-state index contributed by atoms with van der Waals surface area (Å²) in [7, 11) is 0. The average Bonchev–Trinajstić information content (AvgIpc) is 1.86. The van der Waals surface area contributed by atoms with Gasteiger partial charge in [0.2, 0.25) is 5.63 Å². The van der Waals surface area contributed by atoms with Crippen molar-refractivity contribution >= 4 is 0 Å². The van der Waals surface area contributed by atoms with E-state index in [9.17, 15) is 4.79 Å². The Morgan fingerprint density at radius 2 is 2.67 bits per heavy atom. The van der Waals surface area contributed by atoms with Crippen molar-refractivity contribution in [3.8, 4) is 0 Å². The minimum absolute atomic E-state index is 0.685. The summed E-state index contributed by atoms with van der Waals surface area (Å²) in [5.41, 5.74) is -0.685. The maximum Gasteiger partial charge on any atom is 0.229 e. The predicted octanol–water partition coefficient (Wildman–Crippen LogP) is -0.572. The van der Waals surface area contributed by atoms with Crippen molar-refractivity contribution in [3.05, 3.63) is 16.6 Å². The van der Waals surface area contributed by atoms with Crippen LogP contribution in [0, 0.1) is 6.20 Å². The summed E-state index contributed by atoms with van der Waals surface area (Å²) < 4.78 is 7.46. The Kier molecular flexibility index (Phi) is 0.506. The third kappa shape index (κ3) is 0.314. The maximum atomic E-state index is 9.69. The van der Waals surface area contributed by atoms with Gasteiger partial charge < -0.3 is 0 Å². The summed E-state index contributed by atoms with van der Waals surface area (Å²) in [5, 5.41) is 2.84. The fourth-order valence-corrected chi connectivity index (χ4v) is 0.127. The standard InChI is InChI=1S/C2NO3/c4-2-1-3-6-5-2/q-1. The van der Waals surface area contributed by atoms with Crippen LogP contribution in [0.25, 0.3) is 0 Å². The van der Waals surface area contributed by atoms with Gasteiger partial charge in [0, 0.05) is 0 Å². The molecule has 1 aromatic rings. The zero-order valence-corrected chi connectivity index (χ0v) is 2.67. The normalized spacial score (nSPS) is 8.67. The summed E-state index contributed by atoms with van der Waals surface area (Å²) in [6.07, 6.45) is 1.86. The molecule has 4 nitrogen and oxygen atoms in total. The van der Waals surface area contributed by atoms with Crippen LogP contribution in [0.5, 0.6) is 0 Å². The van der Waals surface area contributed by atoms with Crippen molar-refractivity contribution in [2.75, 3.05) is 0 Å². The van der Waals surface area contributed by atoms with Crippen LogP contribution in [0.2, 0.25) is 0 Å². The summed E-state index contributed by atoms with van der Waals surface area (Å²) in [6, 6.07) is 0. The molecule has 0 unspecified atom stereocenters. The second-order valence-corrected chi connectivity index (χ2v) is 0.648. The van der Waals surface area contributed by atoms with Crippen LogP contribution in [0.4, 0.5) is 0 Å². The molecule has 0 atom stereocenters. The molecule has 1 heterocycles. The molecule has 0 saturated heterocycles. The van der Waals surface area contributed by atoms with Gasteiger partial charge in [0.25, 0.3) is 0 Å². The maximum absolute atomic E-state index is 9.69. The Labute approximate surface area is 32.3 Å². The molecular formula is C2NO3-. The van der Waals surface area contributed by atoms with Gasteiger partial charge in [-0.05, 0) is 0 Å². The molecular weight excluding hydrogens is 86.0 g/mol. The lowest BCUT2D eigenvalue weighted by molar-refractivity contribution is -0.00168. The van der Waals surface area contributed by atoms with Crippen molar-refractivity contribution in [3.63, 3.8) is 0 Å². The van der Waals surface area contributed by atoms with E-state index >= 15 is 0 Å². The summed E-state index contributed by atoms with van der Waals surface area (Å²) in [4.78, 5) is 9.69. The highest BCUT2D eigenvalue weighted by atomic mass is 17.0. The average molecular weight is 86.0 g/mol. The van der Waals surface area contributed by atoms with Crippen LogP contribution < -0.4 is 5.63 Å². The number of rotatable bonds is 0. The second-order valence-electron chi connectivity index (χ2n) is 0.648. The van der Waals surface area contributed by atoms with Gasteiger partial charge in [-0.1, -0.05) is 0 Å². The molecule has 0 N–H and O–H groups in total. The first-order chi connectivity index (χ1) is 2.89. The first-order valence-corrected chi connectivity index (χ1v) is 1.23. The van der Waals surface area contributed by atoms with Gasteiger partial charge in [0.05, 0.1) is 0 Å². The molecule has 0 bridgehead atoms. The summed E-state index contributed by atoms with van der Waals surface area (Å²) in [6.45, 7) is 0. The molecule has 32 valence electrons. The van der Waals surface area contributed by atoms with Crippen LogP contribution in [-0.2, 0) is 0 Å². The van der Waals surface area contributed by atoms with E-state index in [-0.39, 0.29) is 0 Å². The van der Waals surface area contributed by atoms with Gasteiger partial charge in [-0.2, -0.15) is 0 Å². The molecule has 0 aliphatic rings. The van der Waals surface area contributed by atoms with Crippen molar-refractivity contribution in [2.45, 2.75) is 0 Å². The molecule has 1 rings (SSSR count). The summed E-state index contributed by atoms with van der Waals surface area (Å²) >= 11 is 0. The first kappa shape index (κ1) is 3.14. The van der Waals surface area contributed by atoms with Crippen molar-refractivity contribution in [2.24, 2.45) is 0 Å². The number of hydrogen-bond donors (Lipinski definition) is 0.